The summed E-state index contributed by atoms with van der Waals surface area (Å²) >= 11 is 0. The Balaban J connectivity index is 1.92. The molecule has 3 N–H and O–H groups in total. The van der Waals surface area contributed by atoms with Crippen LogP contribution in [0.4, 0.5) is 5.82 Å². The summed E-state index contributed by atoms with van der Waals surface area (Å²) in [5, 5.41) is 9.17. The number of pyridine rings is 2. The van der Waals surface area contributed by atoms with Gasteiger partial charge in [0.2, 0.25) is 0 Å². The first-order valence-corrected chi connectivity index (χ1v) is 9.70. The molecule has 0 aromatic carbocycles. The van der Waals surface area contributed by atoms with Crippen LogP contribution in [0.3, 0.4) is 0 Å². The van der Waals surface area contributed by atoms with Crippen molar-refractivity contribution in [2.45, 2.75) is 45.3 Å². The first-order valence-electron chi connectivity index (χ1n) is 9.70. The number of hydrogen-bond acceptors (Lipinski definition) is 6. The lowest BCUT2D eigenvalue weighted by Crippen LogP contribution is -2.47. The van der Waals surface area contributed by atoms with Gasteiger partial charge < -0.3 is 20.5 Å². The molecule has 0 bridgehead atoms. The molecule has 7 heteroatoms. The number of anilines is 1. The monoisotopic (exact) mass is 384 g/mol. The van der Waals surface area contributed by atoms with Crippen LogP contribution >= 0.6 is 0 Å². The van der Waals surface area contributed by atoms with Crippen LogP contribution in [0.1, 0.15) is 49.5 Å². The highest BCUT2D eigenvalue weighted by molar-refractivity contribution is 5.88. The van der Waals surface area contributed by atoms with E-state index in [9.17, 15) is 9.90 Å². The number of ether oxygens (including phenoxy) is 1. The van der Waals surface area contributed by atoms with Gasteiger partial charge in [-0.3, -0.25) is 4.98 Å². The molecule has 0 aliphatic carbocycles. The summed E-state index contributed by atoms with van der Waals surface area (Å²) in [7, 11) is 0. The summed E-state index contributed by atoms with van der Waals surface area (Å²) in [5.74, 6) is -0.601. The Morgan fingerprint density at radius 2 is 2.04 bits per heavy atom. The second kappa shape index (κ2) is 8.24. The maximum Gasteiger partial charge on any atom is 0.337 e. The molecule has 3 rings (SSSR count). The molecule has 150 valence electrons. The quantitative estimate of drug-likeness (QED) is 0.789. The SMILES string of the molecule is CCOC1(c2ccc(-c3cncc(C(=O)O)c3)nc2N)CCN(C(C)C)CC1. The Morgan fingerprint density at radius 1 is 1.32 bits per heavy atom. The first kappa shape index (κ1) is 20.2. The number of piperidine rings is 1. The van der Waals surface area contributed by atoms with Gasteiger partial charge in [0, 0.05) is 49.3 Å². The standard InChI is InChI=1S/C21H28N4O3/c1-4-28-21(7-9-25(10-8-21)14(2)3)17-5-6-18(24-19(17)22)15-11-16(20(26)27)13-23-12-15/h5-6,11-14H,4,7-10H2,1-3H3,(H2,22,24)(H,26,27). The Morgan fingerprint density at radius 3 is 2.61 bits per heavy atom. The zero-order valence-electron chi connectivity index (χ0n) is 16.7. The summed E-state index contributed by atoms with van der Waals surface area (Å²) in [6.07, 6.45) is 4.63. The third-order valence-electron chi connectivity index (χ3n) is 5.45. The topological polar surface area (TPSA) is 102 Å². The van der Waals surface area contributed by atoms with Crippen LogP contribution < -0.4 is 5.73 Å². The zero-order valence-corrected chi connectivity index (χ0v) is 16.7. The van der Waals surface area contributed by atoms with Crippen LogP contribution in [0.25, 0.3) is 11.3 Å². The minimum absolute atomic E-state index is 0.119. The normalized spacial score (nSPS) is 17.0. The van der Waals surface area contributed by atoms with Crippen molar-refractivity contribution >= 4 is 11.8 Å². The fourth-order valence-electron chi connectivity index (χ4n) is 3.89. The van der Waals surface area contributed by atoms with Gasteiger partial charge in [0.25, 0.3) is 0 Å². The summed E-state index contributed by atoms with van der Waals surface area (Å²) in [6, 6.07) is 5.89. The van der Waals surface area contributed by atoms with Gasteiger partial charge in [-0.1, -0.05) is 6.07 Å². The van der Waals surface area contributed by atoms with E-state index in [0.717, 1.165) is 31.5 Å². The molecule has 1 aliphatic rings. The number of rotatable bonds is 6. The molecule has 2 aromatic rings. The van der Waals surface area contributed by atoms with Crippen LogP contribution in [-0.2, 0) is 10.3 Å². The van der Waals surface area contributed by atoms with Gasteiger partial charge in [0.1, 0.15) is 5.82 Å². The van der Waals surface area contributed by atoms with Crippen molar-refractivity contribution in [2.24, 2.45) is 0 Å². The van der Waals surface area contributed by atoms with Crippen molar-refractivity contribution in [2.75, 3.05) is 25.4 Å². The molecule has 0 saturated carbocycles. The van der Waals surface area contributed by atoms with Crippen molar-refractivity contribution in [3.63, 3.8) is 0 Å². The van der Waals surface area contributed by atoms with Gasteiger partial charge in [0.05, 0.1) is 16.9 Å². The number of aromatic carboxylic acids is 1. The van der Waals surface area contributed by atoms with Crippen LogP contribution in [0, 0.1) is 0 Å². The lowest BCUT2D eigenvalue weighted by Gasteiger charge is -2.43. The molecule has 1 saturated heterocycles. The molecule has 0 amide bonds. The summed E-state index contributed by atoms with van der Waals surface area (Å²) in [5.41, 5.74) is 8.17. The smallest absolute Gasteiger partial charge is 0.337 e. The molecule has 1 fully saturated rings. The molecule has 0 atom stereocenters. The number of carbonyl (C=O) groups is 1. The van der Waals surface area contributed by atoms with Gasteiger partial charge in [-0.2, -0.15) is 0 Å². The van der Waals surface area contributed by atoms with E-state index in [0.29, 0.717) is 29.7 Å². The highest BCUT2D eigenvalue weighted by Gasteiger charge is 2.39. The van der Waals surface area contributed by atoms with E-state index < -0.39 is 11.6 Å². The second-order valence-corrected chi connectivity index (χ2v) is 7.45. The average Bonchev–Trinajstić information content (AvgIpc) is 2.68. The summed E-state index contributed by atoms with van der Waals surface area (Å²) in [6.45, 7) is 8.91. The van der Waals surface area contributed by atoms with E-state index in [-0.39, 0.29) is 5.56 Å². The Kier molecular flexibility index (Phi) is 5.96. The molecule has 28 heavy (non-hydrogen) atoms. The molecule has 0 unspecified atom stereocenters. The zero-order chi connectivity index (χ0) is 20.3. The van der Waals surface area contributed by atoms with Crippen molar-refractivity contribution in [1.82, 2.24) is 14.9 Å². The molecule has 0 radical (unpaired) electrons. The van der Waals surface area contributed by atoms with Crippen LogP contribution in [0.5, 0.6) is 0 Å². The van der Waals surface area contributed by atoms with E-state index in [2.05, 4.69) is 28.7 Å². The van der Waals surface area contributed by atoms with Gasteiger partial charge in [0.15, 0.2) is 0 Å². The minimum Gasteiger partial charge on any atom is -0.478 e. The Labute approximate surface area is 165 Å². The summed E-state index contributed by atoms with van der Waals surface area (Å²) < 4.78 is 6.22. The van der Waals surface area contributed by atoms with Gasteiger partial charge >= 0.3 is 5.97 Å². The van der Waals surface area contributed by atoms with Gasteiger partial charge in [-0.25, -0.2) is 9.78 Å². The predicted octanol–water partition coefficient (Wildman–Crippen LogP) is 3.16. The number of aromatic nitrogens is 2. The number of nitrogens with two attached hydrogens (primary N) is 1. The predicted molar refractivity (Wildman–Crippen MR) is 108 cm³/mol. The third-order valence-corrected chi connectivity index (χ3v) is 5.45. The van der Waals surface area contributed by atoms with Crippen molar-refractivity contribution in [3.05, 3.63) is 41.7 Å². The molecule has 3 heterocycles. The maximum atomic E-state index is 11.2. The largest absolute Gasteiger partial charge is 0.478 e. The third kappa shape index (κ3) is 4.00. The summed E-state index contributed by atoms with van der Waals surface area (Å²) in [4.78, 5) is 22.2. The van der Waals surface area contributed by atoms with Crippen molar-refractivity contribution < 1.29 is 14.6 Å². The lowest BCUT2D eigenvalue weighted by molar-refractivity contribution is -0.0882. The average molecular weight is 384 g/mol. The number of carboxylic acid groups (broad SMARTS) is 1. The van der Waals surface area contributed by atoms with Crippen LogP contribution in [-0.4, -0.2) is 51.7 Å². The van der Waals surface area contributed by atoms with Crippen molar-refractivity contribution in [3.8, 4) is 11.3 Å². The van der Waals surface area contributed by atoms with E-state index in [4.69, 9.17) is 10.5 Å². The van der Waals surface area contributed by atoms with Crippen LogP contribution in [0.2, 0.25) is 0 Å². The number of nitrogens with zero attached hydrogens (tertiary/aromatic N) is 3. The number of nitrogen functional groups attached to an aromatic ring is 1. The Hall–Kier alpha value is -2.51. The highest BCUT2D eigenvalue weighted by Crippen LogP contribution is 2.40. The van der Waals surface area contributed by atoms with E-state index in [1.54, 1.807) is 12.3 Å². The fourth-order valence-corrected chi connectivity index (χ4v) is 3.89. The number of hydrogen-bond donors (Lipinski definition) is 2. The highest BCUT2D eigenvalue weighted by atomic mass is 16.5. The molecule has 7 nitrogen and oxygen atoms in total. The molecule has 2 aromatic heterocycles. The lowest BCUT2D eigenvalue weighted by atomic mass is 9.83. The van der Waals surface area contributed by atoms with E-state index in [1.165, 1.54) is 6.20 Å². The van der Waals surface area contributed by atoms with E-state index in [1.807, 2.05) is 19.1 Å². The van der Waals surface area contributed by atoms with E-state index >= 15 is 0 Å². The molecule has 0 spiro atoms. The second-order valence-electron chi connectivity index (χ2n) is 7.45. The fraction of sp³-hybridized carbons (Fsp3) is 0.476. The van der Waals surface area contributed by atoms with Gasteiger partial charge in [-0.05, 0) is 45.7 Å². The number of likely N-dealkylation sites (tertiary alicyclic amines) is 1. The molecular weight excluding hydrogens is 356 g/mol. The number of carboxylic acids is 1. The first-order chi connectivity index (χ1) is 13.4. The maximum absolute atomic E-state index is 11.2. The van der Waals surface area contributed by atoms with Crippen LogP contribution in [0.15, 0.2) is 30.6 Å². The van der Waals surface area contributed by atoms with Crippen molar-refractivity contribution in [1.29, 1.82) is 0 Å². The molecule has 1 aliphatic heterocycles. The Bertz CT molecular complexity index is 845. The minimum atomic E-state index is -1.02. The van der Waals surface area contributed by atoms with Gasteiger partial charge in [-0.15, -0.1) is 0 Å². The molecular formula is C21H28N4O3.